The van der Waals surface area contributed by atoms with Crippen molar-refractivity contribution in [2.75, 3.05) is 18.4 Å². The second kappa shape index (κ2) is 6.59. The maximum Gasteiger partial charge on any atom is 0.272 e. The van der Waals surface area contributed by atoms with E-state index in [9.17, 15) is 4.79 Å². The van der Waals surface area contributed by atoms with Crippen LogP contribution in [-0.2, 0) is 0 Å². The van der Waals surface area contributed by atoms with Gasteiger partial charge in [-0.2, -0.15) is 0 Å². The first-order chi connectivity index (χ1) is 11.4. The summed E-state index contributed by atoms with van der Waals surface area (Å²) in [5, 5.41) is 3.30. The highest BCUT2D eigenvalue weighted by Crippen LogP contribution is 2.25. The second-order valence-corrected chi connectivity index (χ2v) is 6.62. The van der Waals surface area contributed by atoms with Crippen molar-refractivity contribution in [2.45, 2.75) is 40.5 Å². The molecule has 1 amide bonds. The number of aryl methyl sites for hydroxylation is 4. The number of carbonyl (C=O) groups excluding carboxylic acids is 1. The standard InChI is InChI=1S/C19H24N4O/c1-12-9-13(2)17(14(3)10-12)22-19-20-15(4)11-16(21-19)18(24)23-7-5-6-8-23/h9-11H,5-8H2,1-4H3,(H,20,21,22). The Morgan fingerprint density at radius 3 is 2.25 bits per heavy atom. The number of benzene rings is 1. The zero-order valence-electron chi connectivity index (χ0n) is 14.8. The Bertz CT molecular complexity index is 756. The lowest BCUT2D eigenvalue weighted by Crippen LogP contribution is -2.28. The average molecular weight is 324 g/mol. The number of rotatable bonds is 3. The van der Waals surface area contributed by atoms with Crippen molar-refractivity contribution in [3.05, 3.63) is 46.3 Å². The Kier molecular flexibility index (Phi) is 4.51. The Hall–Kier alpha value is -2.43. The fraction of sp³-hybridized carbons (Fsp3) is 0.421. The molecule has 0 unspecified atom stereocenters. The van der Waals surface area contributed by atoms with Crippen LogP contribution in [0.3, 0.4) is 0 Å². The molecule has 1 saturated heterocycles. The zero-order chi connectivity index (χ0) is 17.3. The van der Waals surface area contributed by atoms with Crippen LogP contribution in [0.1, 0.15) is 45.7 Å². The smallest absolute Gasteiger partial charge is 0.272 e. The van der Waals surface area contributed by atoms with Gasteiger partial charge in [0.25, 0.3) is 5.91 Å². The molecule has 0 bridgehead atoms. The van der Waals surface area contributed by atoms with E-state index in [4.69, 9.17) is 0 Å². The van der Waals surface area contributed by atoms with Crippen LogP contribution < -0.4 is 5.32 Å². The summed E-state index contributed by atoms with van der Waals surface area (Å²) < 4.78 is 0. The number of aromatic nitrogens is 2. The highest BCUT2D eigenvalue weighted by Gasteiger charge is 2.21. The van der Waals surface area contributed by atoms with E-state index in [0.29, 0.717) is 11.6 Å². The van der Waals surface area contributed by atoms with E-state index in [1.54, 1.807) is 6.07 Å². The first-order valence-electron chi connectivity index (χ1n) is 8.44. The lowest BCUT2D eigenvalue weighted by molar-refractivity contribution is 0.0787. The van der Waals surface area contributed by atoms with Crippen LogP contribution in [0.4, 0.5) is 11.6 Å². The first kappa shape index (κ1) is 16.4. The summed E-state index contributed by atoms with van der Waals surface area (Å²) in [5.74, 6) is 0.478. The highest BCUT2D eigenvalue weighted by atomic mass is 16.2. The molecule has 2 heterocycles. The van der Waals surface area contributed by atoms with Crippen LogP contribution in [-0.4, -0.2) is 33.9 Å². The second-order valence-electron chi connectivity index (χ2n) is 6.62. The van der Waals surface area contributed by atoms with Crippen LogP contribution in [0.25, 0.3) is 0 Å². The molecule has 1 fully saturated rings. The third-order valence-electron chi connectivity index (χ3n) is 4.38. The molecule has 0 spiro atoms. The minimum Gasteiger partial charge on any atom is -0.337 e. The number of carbonyl (C=O) groups is 1. The molecule has 5 heteroatoms. The van der Waals surface area contributed by atoms with Gasteiger partial charge < -0.3 is 10.2 Å². The number of nitrogens with one attached hydrogen (secondary N) is 1. The minimum atomic E-state index is -0.00148. The van der Waals surface area contributed by atoms with Gasteiger partial charge in [0, 0.05) is 24.5 Å². The molecule has 0 atom stereocenters. The topological polar surface area (TPSA) is 58.1 Å². The lowest BCUT2D eigenvalue weighted by Gasteiger charge is -2.16. The minimum absolute atomic E-state index is 0.00148. The molecule has 1 aliphatic rings. The molecule has 1 aliphatic heterocycles. The molecule has 5 nitrogen and oxygen atoms in total. The molecule has 24 heavy (non-hydrogen) atoms. The van der Waals surface area contributed by atoms with Crippen molar-refractivity contribution < 1.29 is 4.79 Å². The van der Waals surface area contributed by atoms with E-state index in [-0.39, 0.29) is 5.91 Å². The van der Waals surface area contributed by atoms with Crippen LogP contribution in [0.15, 0.2) is 18.2 Å². The average Bonchev–Trinajstić information content (AvgIpc) is 3.04. The van der Waals surface area contributed by atoms with Gasteiger partial charge in [-0.15, -0.1) is 0 Å². The van der Waals surface area contributed by atoms with E-state index in [1.165, 1.54) is 5.56 Å². The molecular formula is C19H24N4O. The molecule has 3 rings (SSSR count). The van der Waals surface area contributed by atoms with Gasteiger partial charge in [0.2, 0.25) is 5.95 Å². The molecule has 126 valence electrons. The van der Waals surface area contributed by atoms with E-state index in [1.807, 2.05) is 11.8 Å². The SMILES string of the molecule is Cc1cc(C)c(Nc2nc(C)cc(C(=O)N3CCCC3)n2)c(C)c1. The summed E-state index contributed by atoms with van der Waals surface area (Å²) in [6.07, 6.45) is 2.14. The van der Waals surface area contributed by atoms with Gasteiger partial charge in [-0.1, -0.05) is 17.7 Å². The predicted octanol–water partition coefficient (Wildman–Crippen LogP) is 3.69. The number of anilines is 2. The Morgan fingerprint density at radius 2 is 1.62 bits per heavy atom. The Morgan fingerprint density at radius 1 is 1.00 bits per heavy atom. The largest absolute Gasteiger partial charge is 0.337 e. The summed E-state index contributed by atoms with van der Waals surface area (Å²) >= 11 is 0. The quantitative estimate of drug-likeness (QED) is 0.935. The van der Waals surface area contributed by atoms with Gasteiger partial charge in [-0.3, -0.25) is 4.79 Å². The third kappa shape index (κ3) is 3.40. The maximum absolute atomic E-state index is 12.6. The summed E-state index contributed by atoms with van der Waals surface area (Å²) in [6, 6.07) is 6.02. The summed E-state index contributed by atoms with van der Waals surface area (Å²) in [4.78, 5) is 23.4. The molecule has 1 aromatic heterocycles. The maximum atomic E-state index is 12.6. The van der Waals surface area contributed by atoms with Crippen molar-refractivity contribution in [3.63, 3.8) is 0 Å². The number of hydrogen-bond donors (Lipinski definition) is 1. The Labute approximate surface area is 143 Å². The van der Waals surface area contributed by atoms with Crippen molar-refractivity contribution >= 4 is 17.5 Å². The molecule has 0 radical (unpaired) electrons. The van der Waals surface area contributed by atoms with Crippen LogP contribution in [0.2, 0.25) is 0 Å². The molecule has 0 aliphatic carbocycles. The van der Waals surface area contributed by atoms with Gasteiger partial charge in [0.1, 0.15) is 5.69 Å². The van der Waals surface area contributed by atoms with Crippen molar-refractivity contribution in [1.29, 1.82) is 0 Å². The van der Waals surface area contributed by atoms with Crippen molar-refractivity contribution in [3.8, 4) is 0 Å². The van der Waals surface area contributed by atoms with Gasteiger partial charge in [-0.05, 0) is 57.7 Å². The summed E-state index contributed by atoms with van der Waals surface area (Å²) in [6.45, 7) is 9.74. The highest BCUT2D eigenvalue weighted by molar-refractivity contribution is 5.93. The number of hydrogen-bond acceptors (Lipinski definition) is 4. The van der Waals surface area contributed by atoms with Gasteiger partial charge >= 0.3 is 0 Å². The summed E-state index contributed by atoms with van der Waals surface area (Å²) in [5.41, 5.74) is 5.78. The van der Waals surface area contributed by atoms with Crippen molar-refractivity contribution in [2.24, 2.45) is 0 Å². The fourth-order valence-electron chi connectivity index (χ4n) is 3.31. The molecule has 1 N–H and O–H groups in total. The number of likely N-dealkylation sites (tertiary alicyclic amines) is 1. The van der Waals surface area contributed by atoms with E-state index in [0.717, 1.165) is 48.4 Å². The van der Waals surface area contributed by atoms with Gasteiger partial charge in [0.15, 0.2) is 0 Å². The zero-order valence-corrected chi connectivity index (χ0v) is 14.8. The fourth-order valence-corrected chi connectivity index (χ4v) is 3.31. The molecular weight excluding hydrogens is 300 g/mol. The number of nitrogens with zero attached hydrogens (tertiary/aromatic N) is 3. The van der Waals surface area contributed by atoms with Crippen LogP contribution in [0, 0.1) is 27.7 Å². The third-order valence-corrected chi connectivity index (χ3v) is 4.38. The Balaban J connectivity index is 1.90. The first-order valence-corrected chi connectivity index (χ1v) is 8.44. The number of amides is 1. The molecule has 1 aromatic carbocycles. The van der Waals surface area contributed by atoms with Gasteiger partial charge in [-0.25, -0.2) is 9.97 Å². The van der Waals surface area contributed by atoms with Crippen molar-refractivity contribution in [1.82, 2.24) is 14.9 Å². The monoisotopic (exact) mass is 324 g/mol. The van der Waals surface area contributed by atoms with E-state index >= 15 is 0 Å². The van der Waals surface area contributed by atoms with Crippen LogP contribution >= 0.6 is 0 Å². The molecule has 2 aromatic rings. The van der Waals surface area contributed by atoms with Crippen LogP contribution in [0.5, 0.6) is 0 Å². The van der Waals surface area contributed by atoms with E-state index in [2.05, 4.69) is 48.2 Å². The predicted molar refractivity (Wildman–Crippen MR) is 95.8 cm³/mol. The molecule has 0 saturated carbocycles. The van der Waals surface area contributed by atoms with Gasteiger partial charge in [0.05, 0.1) is 0 Å². The lowest BCUT2D eigenvalue weighted by atomic mass is 10.1. The normalized spacial score (nSPS) is 14.1. The van der Waals surface area contributed by atoms with E-state index < -0.39 is 0 Å². The summed E-state index contributed by atoms with van der Waals surface area (Å²) in [7, 11) is 0.